The van der Waals surface area contributed by atoms with Crippen LogP contribution in [-0.4, -0.2) is 36.6 Å². The standard InChI is InChI=1S/C8H11F6N2O5P/c1-3(15-5(17)7(9,10)11)20-22(19)21-4(2)16-6(18)8(12,13)14/h3-4,22H,1-2H3,(H,15,17)(H,16,18). The number of amides is 2. The number of carbonyl (C=O) groups excluding carboxylic acids is 2. The van der Waals surface area contributed by atoms with Gasteiger partial charge in [0.1, 0.15) is 12.5 Å². The van der Waals surface area contributed by atoms with Gasteiger partial charge >= 0.3 is 32.4 Å². The molecule has 0 bridgehead atoms. The topological polar surface area (TPSA) is 93.7 Å². The molecule has 14 heteroatoms. The molecule has 2 amide bonds. The number of halogens is 6. The molecule has 0 saturated heterocycles. The Bertz CT molecular complexity index is 402. The van der Waals surface area contributed by atoms with E-state index in [1.54, 1.807) is 0 Å². The lowest BCUT2D eigenvalue weighted by Crippen LogP contribution is -2.43. The van der Waals surface area contributed by atoms with Crippen molar-refractivity contribution in [3.05, 3.63) is 0 Å². The van der Waals surface area contributed by atoms with Crippen molar-refractivity contribution in [2.75, 3.05) is 0 Å². The number of alkyl halides is 6. The summed E-state index contributed by atoms with van der Waals surface area (Å²) in [5.41, 5.74) is 0. The zero-order valence-corrected chi connectivity index (χ0v) is 12.0. The molecule has 0 spiro atoms. The van der Waals surface area contributed by atoms with Gasteiger partial charge in [-0.05, 0) is 13.8 Å². The summed E-state index contributed by atoms with van der Waals surface area (Å²) in [4.78, 5) is 21.0. The monoisotopic (exact) mass is 360 g/mol. The summed E-state index contributed by atoms with van der Waals surface area (Å²) in [5, 5.41) is 2.56. The number of hydrogen-bond acceptors (Lipinski definition) is 5. The van der Waals surface area contributed by atoms with Gasteiger partial charge in [-0.2, -0.15) is 26.3 Å². The van der Waals surface area contributed by atoms with Crippen LogP contribution in [0.1, 0.15) is 13.8 Å². The Kier molecular flexibility index (Phi) is 7.32. The third kappa shape index (κ3) is 8.20. The third-order valence-corrected chi connectivity index (χ3v) is 2.82. The smallest absolute Gasteiger partial charge is 0.323 e. The minimum absolute atomic E-state index is 0.883. The van der Waals surface area contributed by atoms with E-state index in [4.69, 9.17) is 0 Å². The van der Waals surface area contributed by atoms with Crippen LogP contribution in [0.4, 0.5) is 26.3 Å². The van der Waals surface area contributed by atoms with Crippen LogP contribution >= 0.6 is 8.25 Å². The molecule has 2 N–H and O–H groups in total. The van der Waals surface area contributed by atoms with Crippen molar-refractivity contribution in [2.24, 2.45) is 0 Å². The highest BCUT2D eigenvalue weighted by atomic mass is 31.1. The quantitative estimate of drug-likeness (QED) is 0.425. The van der Waals surface area contributed by atoms with E-state index in [-0.39, 0.29) is 0 Å². The first kappa shape index (κ1) is 20.7. The van der Waals surface area contributed by atoms with Crippen molar-refractivity contribution in [1.29, 1.82) is 0 Å². The Labute approximate surface area is 120 Å². The summed E-state index contributed by atoms with van der Waals surface area (Å²) in [5.74, 6) is -4.73. The van der Waals surface area contributed by atoms with Crippen LogP contribution in [0.5, 0.6) is 0 Å². The second-order valence-corrected chi connectivity index (χ2v) is 4.68. The van der Waals surface area contributed by atoms with E-state index in [0.717, 1.165) is 13.8 Å². The van der Waals surface area contributed by atoms with E-state index in [1.807, 2.05) is 0 Å². The summed E-state index contributed by atoms with van der Waals surface area (Å²) in [6.45, 7) is 1.77. The fourth-order valence-electron chi connectivity index (χ4n) is 0.908. The molecule has 0 aromatic heterocycles. The lowest BCUT2D eigenvalue weighted by atomic mass is 10.5. The van der Waals surface area contributed by atoms with Gasteiger partial charge in [0.25, 0.3) is 0 Å². The van der Waals surface area contributed by atoms with Gasteiger partial charge in [0.15, 0.2) is 0 Å². The van der Waals surface area contributed by atoms with Gasteiger partial charge in [-0.1, -0.05) is 0 Å². The fraction of sp³-hybridized carbons (Fsp3) is 0.750. The van der Waals surface area contributed by atoms with Crippen molar-refractivity contribution in [2.45, 2.75) is 38.7 Å². The molecule has 0 aliphatic carbocycles. The molecule has 0 aliphatic heterocycles. The molecule has 2 atom stereocenters. The molecule has 2 unspecified atom stereocenters. The van der Waals surface area contributed by atoms with Crippen molar-refractivity contribution >= 4 is 20.1 Å². The summed E-state index contributed by atoms with van der Waals surface area (Å²) in [7, 11) is -3.58. The highest BCUT2D eigenvalue weighted by Crippen LogP contribution is 2.27. The zero-order valence-electron chi connectivity index (χ0n) is 11.0. The van der Waals surface area contributed by atoms with Gasteiger partial charge in [0, 0.05) is 0 Å². The van der Waals surface area contributed by atoms with Crippen LogP contribution in [0.15, 0.2) is 0 Å². The zero-order chi connectivity index (χ0) is 17.7. The fourth-order valence-corrected chi connectivity index (χ4v) is 1.66. The molecule has 0 aromatic rings. The van der Waals surface area contributed by atoms with Gasteiger partial charge in [-0.3, -0.25) is 23.2 Å². The lowest BCUT2D eigenvalue weighted by molar-refractivity contribution is -0.176. The van der Waals surface area contributed by atoms with Gasteiger partial charge in [0.2, 0.25) is 0 Å². The first-order valence-electron chi connectivity index (χ1n) is 5.36. The van der Waals surface area contributed by atoms with Crippen LogP contribution in [0.2, 0.25) is 0 Å². The largest absolute Gasteiger partial charge is 0.471 e. The summed E-state index contributed by atoms with van der Waals surface area (Å²) < 4.78 is 91.2. The van der Waals surface area contributed by atoms with Crippen LogP contribution in [0, 0.1) is 0 Å². The van der Waals surface area contributed by atoms with Gasteiger partial charge in [0.05, 0.1) is 0 Å². The summed E-state index contributed by atoms with van der Waals surface area (Å²) in [6.07, 6.45) is -13.8. The minimum atomic E-state index is -5.19. The van der Waals surface area contributed by atoms with Gasteiger partial charge < -0.3 is 10.6 Å². The Balaban J connectivity index is 4.29. The summed E-state index contributed by atoms with van der Waals surface area (Å²) in [6, 6.07) is 0. The van der Waals surface area contributed by atoms with E-state index in [9.17, 15) is 40.5 Å². The van der Waals surface area contributed by atoms with Crippen LogP contribution < -0.4 is 10.6 Å². The molecule has 22 heavy (non-hydrogen) atoms. The first-order chi connectivity index (χ1) is 9.73. The average Bonchev–Trinajstić information content (AvgIpc) is 2.24. The molecular formula is C8H11F6N2O5P. The van der Waals surface area contributed by atoms with Crippen molar-refractivity contribution in [3.63, 3.8) is 0 Å². The Hall–Kier alpha value is -1.33. The van der Waals surface area contributed by atoms with E-state index < -0.39 is 44.9 Å². The molecule has 0 aromatic carbocycles. The molecule has 0 saturated carbocycles. The van der Waals surface area contributed by atoms with E-state index in [1.165, 1.54) is 10.6 Å². The maximum atomic E-state index is 11.9. The van der Waals surface area contributed by atoms with Crippen LogP contribution in [0.25, 0.3) is 0 Å². The Morgan fingerprint density at radius 1 is 0.864 bits per heavy atom. The molecule has 0 rings (SSSR count). The molecular weight excluding hydrogens is 349 g/mol. The SMILES string of the molecule is CC(NC(=O)C(F)(F)F)O[PH](=O)OC(C)NC(=O)C(F)(F)F. The van der Waals surface area contributed by atoms with Crippen LogP contribution in [-0.2, 0) is 23.2 Å². The summed E-state index contributed by atoms with van der Waals surface area (Å²) >= 11 is 0. The predicted octanol–water partition coefficient (Wildman–Crippen LogP) is 1.46. The maximum absolute atomic E-state index is 11.9. The van der Waals surface area contributed by atoms with Crippen molar-refractivity contribution in [3.8, 4) is 0 Å². The van der Waals surface area contributed by atoms with Crippen LogP contribution in [0.3, 0.4) is 0 Å². The second kappa shape index (κ2) is 7.79. The normalized spacial score (nSPS) is 16.5. The molecule has 130 valence electrons. The molecule has 7 nitrogen and oxygen atoms in total. The Morgan fingerprint density at radius 3 is 1.36 bits per heavy atom. The van der Waals surface area contributed by atoms with Crippen molar-refractivity contribution in [1.82, 2.24) is 10.6 Å². The van der Waals surface area contributed by atoms with Gasteiger partial charge in [-0.25, -0.2) is 0 Å². The maximum Gasteiger partial charge on any atom is 0.471 e. The number of nitrogens with one attached hydrogen (secondary N) is 2. The molecule has 0 radical (unpaired) electrons. The minimum Gasteiger partial charge on any atom is -0.323 e. The molecule has 0 fully saturated rings. The molecule has 0 heterocycles. The van der Waals surface area contributed by atoms with E-state index >= 15 is 0 Å². The van der Waals surface area contributed by atoms with E-state index in [0.29, 0.717) is 0 Å². The number of rotatable bonds is 6. The van der Waals surface area contributed by atoms with Gasteiger partial charge in [-0.15, -0.1) is 0 Å². The average molecular weight is 360 g/mol. The highest BCUT2D eigenvalue weighted by molar-refractivity contribution is 7.33. The number of carbonyl (C=O) groups is 2. The predicted molar refractivity (Wildman–Crippen MR) is 58.5 cm³/mol. The second-order valence-electron chi connectivity index (χ2n) is 3.71. The highest BCUT2D eigenvalue weighted by Gasteiger charge is 2.40. The third-order valence-electron chi connectivity index (χ3n) is 1.73. The van der Waals surface area contributed by atoms with E-state index in [2.05, 4.69) is 9.05 Å². The number of hydrogen-bond donors (Lipinski definition) is 2. The first-order valence-corrected chi connectivity index (χ1v) is 6.58. The molecule has 0 aliphatic rings. The lowest BCUT2D eigenvalue weighted by Gasteiger charge is -2.18. The Morgan fingerprint density at radius 2 is 1.14 bits per heavy atom. The van der Waals surface area contributed by atoms with Crippen molar-refractivity contribution < 1.29 is 49.5 Å².